The molecule has 107 heavy (non-hydrogen) atoms. The van der Waals surface area contributed by atoms with E-state index in [-0.39, 0.29) is 44.2 Å². The van der Waals surface area contributed by atoms with Gasteiger partial charge in [0.1, 0.15) is 0 Å². The second-order valence-corrected chi connectivity index (χ2v) is 32.1. The van der Waals surface area contributed by atoms with Gasteiger partial charge in [0.2, 0.25) is 0 Å². The first kappa shape index (κ1) is 44.3. The van der Waals surface area contributed by atoms with Crippen LogP contribution in [0.4, 0.5) is 22.7 Å². The highest BCUT2D eigenvalue weighted by Gasteiger charge is 2.44. The Morgan fingerprint density at radius 3 is 0.944 bits per heavy atom. The summed E-state index contributed by atoms with van der Waals surface area (Å²) in [7, 11) is 0. The zero-order chi connectivity index (χ0) is 96.0. The Bertz CT molecular complexity index is 6960. The van der Waals surface area contributed by atoms with Crippen LogP contribution < -0.4 is 26.2 Å². The molecule has 0 saturated heterocycles. The second-order valence-electron chi connectivity index (χ2n) is 32.1. The molecule has 16 aromatic rings. The van der Waals surface area contributed by atoms with Crippen molar-refractivity contribution in [1.82, 2.24) is 14.1 Å². The summed E-state index contributed by atoms with van der Waals surface area (Å²) in [6, 6.07) is 22.8. The molecule has 0 saturated carbocycles. The molecule has 0 spiro atoms. The van der Waals surface area contributed by atoms with Crippen LogP contribution in [0.25, 0.3) is 111 Å². The number of rotatable bonds is 11. The fourth-order valence-electron chi connectivity index (χ4n) is 15.8. The Balaban J connectivity index is 1.05. The van der Waals surface area contributed by atoms with Crippen molar-refractivity contribution >= 4 is 89.5 Å². The lowest BCUT2D eigenvalue weighted by molar-refractivity contribution is 0.590. The smallest absolute Gasteiger partial charge is 0.252 e. The monoisotopic (exact) mass is 1410 g/mol. The molecule has 0 unspecified atom stereocenters. The maximum atomic E-state index is 10.3. The summed E-state index contributed by atoms with van der Waals surface area (Å²) in [5.41, 5.74) is 5.66. The fraction of sp³-hybridized carbons (Fsp3) is 0.178. The molecule has 522 valence electrons. The van der Waals surface area contributed by atoms with Gasteiger partial charge in [-0.15, -0.1) is 0 Å². The predicted molar refractivity (Wildman–Crippen MR) is 457 cm³/mol. The third-order valence-corrected chi connectivity index (χ3v) is 21.3. The molecule has 0 N–H and O–H groups in total. The Hall–Kier alpha value is -11.7. The quantitative estimate of drug-likeness (QED) is 0.121. The van der Waals surface area contributed by atoms with Gasteiger partial charge in [0, 0.05) is 86.7 Å². The van der Waals surface area contributed by atoms with Gasteiger partial charge in [-0.1, -0.05) is 283 Å². The maximum Gasteiger partial charge on any atom is 0.252 e. The van der Waals surface area contributed by atoms with Gasteiger partial charge in [-0.3, -0.25) is 4.98 Å². The van der Waals surface area contributed by atoms with E-state index in [0.29, 0.717) is 50.3 Å². The molecule has 0 atom stereocenters. The zero-order valence-corrected chi connectivity index (χ0v) is 61.6. The van der Waals surface area contributed by atoms with E-state index in [1.54, 1.807) is 24.5 Å². The fourth-order valence-corrected chi connectivity index (χ4v) is 15.8. The highest BCUT2D eigenvalue weighted by molar-refractivity contribution is 7.00. The standard InChI is InChI=1S/C101H90BN5/c1-98(2,3)71-41-49-89-81(56-71)82-57-72(99(4,5)6)42-50-90(82)106(89)75-45-47-87-93(60-75)104(63-85-77(65-28-17-13-18-29-65)37-25-38-78(85)66-30-19-14-20-31-66)95-54-70(69-36-27-53-103-62-69)55-96-97(95)102(87)88-48-46-76(107-91-51-43-73(100(7,8)9)58-83(91)84-59-74(101(10,11)12)44-52-92(84)107)61-94(88)105(96)64-86-79(67-32-21-15-22-33-67)39-26-40-80(86)68-34-23-16-24-35-68/h13-62H,63-64H2,1-12H3/i13D,14D,15D,16D,17D,18D,19D,20D,21D,22D,23D,24D,25D,26D,28D,29D,30D,31D,32D,33D,34D,35D,37D,38D,39D,40D. The third kappa shape index (κ3) is 11.7. The molecule has 18 rings (SSSR count). The molecule has 3 aromatic heterocycles. The molecule has 0 radical (unpaired) electrons. The summed E-state index contributed by atoms with van der Waals surface area (Å²) in [5, 5.41) is 3.70. The van der Waals surface area contributed by atoms with Crippen LogP contribution in [0.5, 0.6) is 0 Å². The van der Waals surface area contributed by atoms with Gasteiger partial charge in [-0.2, -0.15) is 0 Å². The van der Waals surface area contributed by atoms with Crippen molar-refractivity contribution in [2.75, 3.05) is 9.80 Å². The van der Waals surface area contributed by atoms with Crippen LogP contribution in [0.15, 0.2) is 303 Å². The Labute approximate surface area is 667 Å². The Morgan fingerprint density at radius 1 is 0.318 bits per heavy atom. The highest BCUT2D eigenvalue weighted by atomic mass is 15.2. The van der Waals surface area contributed by atoms with Crippen molar-refractivity contribution in [1.29, 1.82) is 0 Å². The average Bonchev–Trinajstić information content (AvgIpc) is 1.30. The number of fused-ring (bicyclic) bond motifs is 10. The number of aromatic nitrogens is 3. The highest BCUT2D eigenvalue weighted by Crippen LogP contribution is 2.49. The lowest BCUT2D eigenvalue weighted by atomic mass is 9.33. The average molecular weight is 1410 g/mol. The summed E-state index contributed by atoms with van der Waals surface area (Å²) >= 11 is 0. The Morgan fingerprint density at radius 2 is 0.645 bits per heavy atom. The molecule has 0 amide bonds. The SMILES string of the molecule is [2H]c1c([2H])c([2H])c(-c2c([2H])c([2H])c([2H])c(-c3c([2H])c([2H])c([2H])c([2H])c3[2H])c2CN2c3cc(-n4c5ccc(C(C)(C)C)cc5c5cc(C(C)(C)C)ccc54)ccc3B3c4ccc(-n5c6ccc(C(C)(C)C)cc6c6cc(C(C)(C)C)ccc65)cc4N(Cc4c(-c5c([2H])c([2H])c([2H])c([2H])c5[2H])c([2H])c([2H])c([2H])c4-c4c([2H])c([2H])c([2H])c([2H])c4[2H])c4cc(-c5cccnc5)cc2c43)c([2H])c1[2H]. The zero-order valence-electron chi connectivity index (χ0n) is 87.6. The topological polar surface area (TPSA) is 29.2 Å². The second kappa shape index (κ2) is 25.5. The van der Waals surface area contributed by atoms with Gasteiger partial charge in [-0.25, -0.2) is 0 Å². The van der Waals surface area contributed by atoms with E-state index in [0.717, 1.165) is 65.9 Å². The van der Waals surface area contributed by atoms with E-state index in [4.69, 9.17) is 5.48 Å². The molecule has 13 aromatic carbocycles. The first-order valence-electron chi connectivity index (χ1n) is 49.0. The van der Waals surface area contributed by atoms with Gasteiger partial charge in [0.25, 0.3) is 6.71 Å². The number of pyridine rings is 1. The number of anilines is 4. The molecule has 0 aliphatic carbocycles. The van der Waals surface area contributed by atoms with Crippen LogP contribution in [0.3, 0.4) is 0 Å². The number of hydrogen-bond donors (Lipinski definition) is 0. The van der Waals surface area contributed by atoms with E-state index in [2.05, 4.69) is 170 Å². The summed E-state index contributed by atoms with van der Waals surface area (Å²) in [5.74, 6) is 0. The van der Waals surface area contributed by atoms with Crippen LogP contribution >= 0.6 is 0 Å². The van der Waals surface area contributed by atoms with Crippen molar-refractivity contribution in [3.63, 3.8) is 0 Å². The van der Waals surface area contributed by atoms with E-state index >= 15 is 0 Å². The molecule has 0 bridgehead atoms. The Kier molecular flexibility index (Phi) is 10.6. The largest absolute Gasteiger partial charge is 0.338 e. The number of nitrogens with zero attached hydrogens (tertiary/aromatic N) is 5. The maximum absolute atomic E-state index is 10.3. The van der Waals surface area contributed by atoms with Gasteiger partial charge < -0.3 is 18.9 Å². The first-order chi connectivity index (χ1) is 62.4. The van der Waals surface area contributed by atoms with Crippen LogP contribution in [-0.2, 0) is 34.7 Å². The normalized spacial score (nSPS) is 16.5. The van der Waals surface area contributed by atoms with Gasteiger partial charge in [-0.05, 0) is 212 Å². The summed E-state index contributed by atoms with van der Waals surface area (Å²) < 4.78 is 254. The van der Waals surface area contributed by atoms with Gasteiger partial charge in [0.05, 0.1) is 57.7 Å². The van der Waals surface area contributed by atoms with Crippen molar-refractivity contribution in [3.05, 3.63) is 336 Å². The van der Waals surface area contributed by atoms with E-state index in [9.17, 15) is 30.2 Å². The number of hydrogen-bond acceptors (Lipinski definition) is 3. The summed E-state index contributed by atoms with van der Waals surface area (Å²) in [6.07, 6.45) is 3.18. The molecule has 2 aliphatic rings. The predicted octanol–water partition coefficient (Wildman–Crippen LogP) is 24.6. The van der Waals surface area contributed by atoms with Crippen molar-refractivity contribution in [2.24, 2.45) is 0 Å². The lowest BCUT2D eigenvalue weighted by Gasteiger charge is -2.45. The lowest BCUT2D eigenvalue weighted by Crippen LogP contribution is -2.62. The van der Waals surface area contributed by atoms with E-state index in [1.165, 1.54) is 0 Å². The van der Waals surface area contributed by atoms with Gasteiger partial charge in [0.15, 0.2) is 0 Å². The van der Waals surface area contributed by atoms with Crippen molar-refractivity contribution < 1.29 is 35.6 Å². The van der Waals surface area contributed by atoms with Crippen LogP contribution in [-0.4, -0.2) is 20.8 Å². The van der Waals surface area contributed by atoms with Crippen molar-refractivity contribution in [3.8, 4) is 67.0 Å². The minimum atomic E-state index is -0.998. The summed E-state index contributed by atoms with van der Waals surface area (Å²) in [4.78, 5) is 8.33. The van der Waals surface area contributed by atoms with Crippen LogP contribution in [0.1, 0.15) is 152 Å². The van der Waals surface area contributed by atoms with E-state index in [1.807, 2.05) is 58.3 Å². The first-order valence-corrected chi connectivity index (χ1v) is 36.0. The molecule has 5 nitrogen and oxygen atoms in total. The van der Waals surface area contributed by atoms with E-state index < -0.39 is 221 Å². The molecular weight excluding hydrogens is 1290 g/mol. The minimum Gasteiger partial charge on any atom is -0.338 e. The van der Waals surface area contributed by atoms with Crippen LogP contribution in [0.2, 0.25) is 0 Å². The molecule has 2 aliphatic heterocycles. The molecule has 6 heteroatoms. The number of benzene rings is 13. The van der Waals surface area contributed by atoms with Crippen LogP contribution in [0, 0.1) is 0 Å². The third-order valence-electron chi connectivity index (χ3n) is 21.3. The van der Waals surface area contributed by atoms with Crippen molar-refractivity contribution in [2.45, 2.75) is 118 Å². The minimum absolute atomic E-state index is 0.261. The molecule has 5 heterocycles. The molecular formula is C101H90BN5. The summed E-state index contributed by atoms with van der Waals surface area (Å²) in [6.45, 7) is 23.3. The molecule has 0 fully saturated rings. The van der Waals surface area contributed by atoms with Gasteiger partial charge >= 0.3 is 0 Å².